The summed E-state index contributed by atoms with van der Waals surface area (Å²) in [5, 5.41) is 0. The lowest BCUT2D eigenvalue weighted by Gasteiger charge is -2.04. The molecule has 0 saturated carbocycles. The summed E-state index contributed by atoms with van der Waals surface area (Å²) in [5.41, 5.74) is 4.05. The Balaban J connectivity index is 2.35. The molecular formula is C15H19NO. The highest BCUT2D eigenvalue weighted by Gasteiger charge is 2.04. The van der Waals surface area contributed by atoms with Crippen molar-refractivity contribution < 1.29 is 4.74 Å². The fourth-order valence-corrected chi connectivity index (χ4v) is 2.08. The quantitative estimate of drug-likeness (QED) is 0.781. The van der Waals surface area contributed by atoms with E-state index in [-0.39, 0.29) is 0 Å². The maximum atomic E-state index is 5.17. The Labute approximate surface area is 103 Å². The third-order valence-corrected chi connectivity index (χ3v) is 3.13. The van der Waals surface area contributed by atoms with Gasteiger partial charge >= 0.3 is 0 Å². The van der Waals surface area contributed by atoms with E-state index in [1.807, 2.05) is 12.1 Å². The van der Waals surface area contributed by atoms with Crippen molar-refractivity contribution in [2.75, 3.05) is 7.11 Å². The summed E-state index contributed by atoms with van der Waals surface area (Å²) >= 11 is 0. The average Bonchev–Trinajstić information content (AvgIpc) is 2.82. The van der Waals surface area contributed by atoms with Crippen LogP contribution in [0.2, 0.25) is 0 Å². The summed E-state index contributed by atoms with van der Waals surface area (Å²) < 4.78 is 7.36. The minimum absolute atomic E-state index is 0.896. The van der Waals surface area contributed by atoms with Gasteiger partial charge in [-0.25, -0.2) is 0 Å². The maximum absolute atomic E-state index is 5.17. The van der Waals surface area contributed by atoms with Crippen LogP contribution >= 0.6 is 0 Å². The predicted octanol–water partition coefficient (Wildman–Crippen LogP) is 3.61. The number of hydrogen-bond acceptors (Lipinski definition) is 1. The van der Waals surface area contributed by atoms with Gasteiger partial charge in [-0.2, -0.15) is 0 Å². The number of aryl methyl sites for hydroxylation is 2. The van der Waals surface area contributed by atoms with Crippen LogP contribution < -0.4 is 4.74 Å². The molecule has 1 aromatic carbocycles. The molecule has 0 unspecified atom stereocenters. The molecule has 17 heavy (non-hydrogen) atoms. The molecule has 0 aliphatic heterocycles. The van der Waals surface area contributed by atoms with E-state index < -0.39 is 0 Å². The van der Waals surface area contributed by atoms with Gasteiger partial charge in [-0.05, 0) is 48.2 Å². The first-order chi connectivity index (χ1) is 8.28. The highest BCUT2D eigenvalue weighted by molar-refractivity contribution is 5.40. The Morgan fingerprint density at radius 1 is 0.941 bits per heavy atom. The molecular weight excluding hydrogens is 210 g/mol. The SMILES string of the molecule is CCc1cn(-c2ccc(OC)cc2)cc1CC. The Bertz CT molecular complexity index is 461. The second-order valence-corrected chi connectivity index (χ2v) is 4.12. The molecule has 0 amide bonds. The van der Waals surface area contributed by atoms with Gasteiger partial charge in [0, 0.05) is 18.1 Å². The van der Waals surface area contributed by atoms with E-state index in [4.69, 9.17) is 4.74 Å². The van der Waals surface area contributed by atoms with Crippen molar-refractivity contribution in [2.24, 2.45) is 0 Å². The van der Waals surface area contributed by atoms with Crippen molar-refractivity contribution in [1.82, 2.24) is 4.57 Å². The lowest BCUT2D eigenvalue weighted by molar-refractivity contribution is 0.415. The van der Waals surface area contributed by atoms with Gasteiger partial charge in [0.05, 0.1) is 7.11 Å². The Morgan fingerprint density at radius 2 is 1.47 bits per heavy atom. The van der Waals surface area contributed by atoms with Crippen LogP contribution in [0, 0.1) is 0 Å². The van der Waals surface area contributed by atoms with Crippen molar-refractivity contribution in [3.05, 3.63) is 47.8 Å². The molecule has 0 aliphatic rings. The standard InChI is InChI=1S/C15H19NO/c1-4-12-10-16(11-13(12)5-2)14-6-8-15(17-3)9-7-14/h6-11H,4-5H2,1-3H3. The molecule has 0 spiro atoms. The highest BCUT2D eigenvalue weighted by Crippen LogP contribution is 2.19. The second-order valence-electron chi connectivity index (χ2n) is 4.12. The summed E-state index contributed by atoms with van der Waals surface area (Å²) in [6.45, 7) is 4.40. The number of methoxy groups -OCH3 is 1. The number of aromatic nitrogens is 1. The van der Waals surface area contributed by atoms with Crippen LogP contribution in [-0.2, 0) is 12.8 Å². The van der Waals surface area contributed by atoms with Crippen LogP contribution in [0.3, 0.4) is 0 Å². The topological polar surface area (TPSA) is 14.2 Å². The van der Waals surface area contributed by atoms with Gasteiger partial charge < -0.3 is 9.30 Å². The molecule has 1 heterocycles. The number of rotatable bonds is 4. The zero-order valence-electron chi connectivity index (χ0n) is 10.7. The van der Waals surface area contributed by atoms with Gasteiger partial charge in [0.15, 0.2) is 0 Å². The molecule has 0 saturated heterocycles. The van der Waals surface area contributed by atoms with Crippen molar-refractivity contribution in [2.45, 2.75) is 26.7 Å². The number of nitrogens with zero attached hydrogens (tertiary/aromatic N) is 1. The van der Waals surface area contributed by atoms with Crippen LogP contribution in [0.4, 0.5) is 0 Å². The van der Waals surface area contributed by atoms with Gasteiger partial charge in [0.1, 0.15) is 5.75 Å². The van der Waals surface area contributed by atoms with Crippen molar-refractivity contribution in [3.63, 3.8) is 0 Å². The van der Waals surface area contributed by atoms with E-state index in [1.165, 1.54) is 16.8 Å². The van der Waals surface area contributed by atoms with Crippen LogP contribution in [0.1, 0.15) is 25.0 Å². The zero-order chi connectivity index (χ0) is 12.3. The molecule has 2 heteroatoms. The summed E-state index contributed by atoms with van der Waals surface area (Å²) in [4.78, 5) is 0. The molecule has 0 bridgehead atoms. The number of benzene rings is 1. The predicted molar refractivity (Wildman–Crippen MR) is 71.1 cm³/mol. The molecule has 2 rings (SSSR count). The van der Waals surface area contributed by atoms with Gasteiger partial charge in [0.25, 0.3) is 0 Å². The monoisotopic (exact) mass is 229 g/mol. The minimum Gasteiger partial charge on any atom is -0.497 e. The maximum Gasteiger partial charge on any atom is 0.119 e. The molecule has 2 aromatic rings. The first kappa shape index (κ1) is 11.8. The van der Waals surface area contributed by atoms with Crippen molar-refractivity contribution in [3.8, 4) is 11.4 Å². The summed E-state index contributed by atoms with van der Waals surface area (Å²) in [6, 6.07) is 8.15. The summed E-state index contributed by atoms with van der Waals surface area (Å²) in [5.74, 6) is 0.896. The molecule has 0 aliphatic carbocycles. The van der Waals surface area contributed by atoms with Gasteiger partial charge in [-0.15, -0.1) is 0 Å². The van der Waals surface area contributed by atoms with Gasteiger partial charge in [0.2, 0.25) is 0 Å². The minimum atomic E-state index is 0.896. The third-order valence-electron chi connectivity index (χ3n) is 3.13. The van der Waals surface area contributed by atoms with Gasteiger partial charge in [-0.1, -0.05) is 13.8 Å². The van der Waals surface area contributed by atoms with E-state index in [1.54, 1.807) is 7.11 Å². The number of ether oxygens (including phenoxy) is 1. The lowest BCUT2D eigenvalue weighted by atomic mass is 10.1. The smallest absolute Gasteiger partial charge is 0.119 e. The lowest BCUT2D eigenvalue weighted by Crippen LogP contribution is -1.90. The average molecular weight is 229 g/mol. The van der Waals surface area contributed by atoms with Crippen LogP contribution in [-0.4, -0.2) is 11.7 Å². The van der Waals surface area contributed by atoms with Crippen molar-refractivity contribution in [1.29, 1.82) is 0 Å². The Morgan fingerprint density at radius 3 is 1.88 bits per heavy atom. The van der Waals surface area contributed by atoms with E-state index in [2.05, 4.69) is 42.9 Å². The largest absolute Gasteiger partial charge is 0.497 e. The van der Waals surface area contributed by atoms with Crippen molar-refractivity contribution >= 4 is 0 Å². The normalized spacial score (nSPS) is 10.5. The fourth-order valence-electron chi connectivity index (χ4n) is 2.08. The highest BCUT2D eigenvalue weighted by atomic mass is 16.5. The Hall–Kier alpha value is -1.70. The van der Waals surface area contributed by atoms with E-state index in [0.717, 1.165) is 18.6 Å². The second kappa shape index (κ2) is 5.09. The van der Waals surface area contributed by atoms with Crippen LogP contribution in [0.25, 0.3) is 5.69 Å². The molecule has 0 N–H and O–H groups in total. The molecule has 2 nitrogen and oxygen atoms in total. The third kappa shape index (κ3) is 2.36. The summed E-state index contributed by atoms with van der Waals surface area (Å²) in [7, 11) is 1.69. The molecule has 0 fully saturated rings. The first-order valence-corrected chi connectivity index (χ1v) is 6.12. The number of hydrogen-bond donors (Lipinski definition) is 0. The molecule has 0 radical (unpaired) electrons. The molecule has 0 atom stereocenters. The zero-order valence-corrected chi connectivity index (χ0v) is 10.7. The molecule has 90 valence electrons. The summed E-state index contributed by atoms with van der Waals surface area (Å²) in [6.07, 6.45) is 6.62. The van der Waals surface area contributed by atoms with Gasteiger partial charge in [-0.3, -0.25) is 0 Å². The van der Waals surface area contributed by atoms with Crippen LogP contribution in [0.5, 0.6) is 5.75 Å². The Kier molecular flexibility index (Phi) is 3.52. The molecule has 1 aromatic heterocycles. The van der Waals surface area contributed by atoms with E-state index in [9.17, 15) is 0 Å². The van der Waals surface area contributed by atoms with E-state index >= 15 is 0 Å². The fraction of sp³-hybridized carbons (Fsp3) is 0.333. The van der Waals surface area contributed by atoms with Crippen LogP contribution in [0.15, 0.2) is 36.7 Å². The first-order valence-electron chi connectivity index (χ1n) is 6.12. The van der Waals surface area contributed by atoms with E-state index in [0.29, 0.717) is 0 Å².